The predicted molar refractivity (Wildman–Crippen MR) is 140 cm³/mol. The Hall–Kier alpha value is -3.26. The number of nitrogens with two attached hydrogens (primary N) is 1. The van der Waals surface area contributed by atoms with Crippen LogP contribution in [-0.4, -0.2) is 32.1 Å². The van der Waals surface area contributed by atoms with Gasteiger partial charge in [0, 0.05) is 23.9 Å². The number of hydrogen-bond donors (Lipinski definition) is 2. The second-order valence-corrected chi connectivity index (χ2v) is 11.3. The average Bonchev–Trinajstić information content (AvgIpc) is 3.53. The summed E-state index contributed by atoms with van der Waals surface area (Å²) in [7, 11) is 0. The van der Waals surface area contributed by atoms with E-state index in [0.717, 1.165) is 47.7 Å². The molecule has 8 nitrogen and oxygen atoms in total. The van der Waals surface area contributed by atoms with Crippen molar-refractivity contribution >= 4 is 28.4 Å². The normalized spacial score (nSPS) is 21.3. The zero-order valence-corrected chi connectivity index (χ0v) is 21.9. The number of aromatic nitrogens is 3. The molecule has 0 saturated heterocycles. The number of nitrogens with zero attached hydrogens (tertiary/aromatic N) is 3. The lowest BCUT2D eigenvalue weighted by molar-refractivity contribution is -0.0189. The van der Waals surface area contributed by atoms with Crippen molar-refractivity contribution in [3.63, 3.8) is 0 Å². The molecule has 1 aliphatic heterocycles. The van der Waals surface area contributed by atoms with Crippen molar-refractivity contribution in [3.8, 4) is 5.88 Å². The molecule has 5 rings (SSSR count). The van der Waals surface area contributed by atoms with E-state index in [4.69, 9.17) is 20.2 Å². The summed E-state index contributed by atoms with van der Waals surface area (Å²) in [5, 5.41) is 5.12. The number of nitrogens with one attached hydrogen (secondary N) is 1. The molecule has 8 heteroatoms. The summed E-state index contributed by atoms with van der Waals surface area (Å²) in [4.78, 5) is 26.5. The third kappa shape index (κ3) is 4.39. The van der Waals surface area contributed by atoms with E-state index in [1.807, 2.05) is 40.0 Å². The van der Waals surface area contributed by atoms with Gasteiger partial charge < -0.3 is 20.5 Å². The Morgan fingerprint density at radius 2 is 1.92 bits per heavy atom. The van der Waals surface area contributed by atoms with Crippen molar-refractivity contribution in [3.05, 3.63) is 47.4 Å². The number of ether oxygens (including phenoxy) is 2. The molecule has 0 unspecified atom stereocenters. The van der Waals surface area contributed by atoms with Gasteiger partial charge in [-0.3, -0.25) is 0 Å². The highest BCUT2D eigenvalue weighted by Gasteiger charge is 2.41. The third-order valence-electron chi connectivity index (χ3n) is 7.63. The molecule has 1 saturated carbocycles. The van der Waals surface area contributed by atoms with Gasteiger partial charge in [0.15, 0.2) is 0 Å². The molecule has 3 N–H and O–H groups in total. The summed E-state index contributed by atoms with van der Waals surface area (Å²) in [6.07, 6.45) is 7.44. The SMILES string of the molecule is CCC[C@@](C)(N)c1cnc(OC2(C)CC2)c2cnc(Nc3ccc4c(n3)[C@@H](C)C(C)(C)OC4=O)cc12. The van der Waals surface area contributed by atoms with Gasteiger partial charge in [0.25, 0.3) is 0 Å². The summed E-state index contributed by atoms with van der Waals surface area (Å²) in [6.45, 7) is 12.1. The topological polar surface area (TPSA) is 112 Å². The zero-order valence-electron chi connectivity index (χ0n) is 21.9. The molecule has 4 heterocycles. The first-order chi connectivity index (χ1) is 16.9. The number of carbonyl (C=O) groups excluding carboxylic acids is 1. The van der Waals surface area contributed by atoms with Crippen LogP contribution in [0.3, 0.4) is 0 Å². The van der Waals surface area contributed by atoms with Crippen LogP contribution in [0.25, 0.3) is 10.8 Å². The number of cyclic esters (lactones) is 1. The largest absolute Gasteiger partial charge is 0.471 e. The van der Waals surface area contributed by atoms with Crippen LogP contribution in [0.15, 0.2) is 30.6 Å². The molecule has 1 aliphatic carbocycles. The smallest absolute Gasteiger partial charge is 0.340 e. The Morgan fingerprint density at radius 3 is 2.61 bits per heavy atom. The third-order valence-corrected chi connectivity index (χ3v) is 7.63. The van der Waals surface area contributed by atoms with Crippen LogP contribution in [0.5, 0.6) is 5.88 Å². The van der Waals surface area contributed by atoms with Crippen molar-refractivity contribution in [2.75, 3.05) is 5.32 Å². The maximum Gasteiger partial charge on any atom is 0.340 e. The number of hydrogen-bond acceptors (Lipinski definition) is 8. The Balaban J connectivity index is 1.55. The number of rotatable bonds is 7. The van der Waals surface area contributed by atoms with Gasteiger partial charge in [0.1, 0.15) is 22.8 Å². The van der Waals surface area contributed by atoms with Crippen LogP contribution in [-0.2, 0) is 10.3 Å². The summed E-state index contributed by atoms with van der Waals surface area (Å²) >= 11 is 0. The maximum absolute atomic E-state index is 12.5. The minimum Gasteiger partial charge on any atom is -0.471 e. The number of anilines is 2. The molecule has 0 amide bonds. The van der Waals surface area contributed by atoms with Crippen molar-refractivity contribution in [2.24, 2.45) is 5.73 Å². The van der Waals surface area contributed by atoms with Crippen molar-refractivity contribution in [1.29, 1.82) is 0 Å². The molecule has 3 aromatic heterocycles. The van der Waals surface area contributed by atoms with E-state index in [0.29, 0.717) is 23.1 Å². The molecule has 0 spiro atoms. The first-order valence-electron chi connectivity index (χ1n) is 12.7. The highest BCUT2D eigenvalue weighted by atomic mass is 16.6. The Labute approximate surface area is 212 Å². The van der Waals surface area contributed by atoms with Gasteiger partial charge in [0.05, 0.1) is 16.6 Å². The minimum absolute atomic E-state index is 0.0512. The first-order valence-corrected chi connectivity index (χ1v) is 12.7. The van der Waals surface area contributed by atoms with Crippen LogP contribution >= 0.6 is 0 Å². The Kier molecular flexibility index (Phi) is 5.70. The highest BCUT2D eigenvalue weighted by molar-refractivity contribution is 5.93. The molecule has 3 aromatic rings. The maximum atomic E-state index is 12.5. The second-order valence-electron chi connectivity index (χ2n) is 11.3. The highest BCUT2D eigenvalue weighted by Crippen LogP contribution is 2.42. The molecule has 0 radical (unpaired) electrons. The fraction of sp³-hybridized carbons (Fsp3) is 0.500. The Morgan fingerprint density at radius 1 is 1.17 bits per heavy atom. The minimum atomic E-state index is -0.627. The van der Waals surface area contributed by atoms with Crippen molar-refractivity contribution in [1.82, 2.24) is 15.0 Å². The first kappa shape index (κ1) is 24.4. The summed E-state index contributed by atoms with van der Waals surface area (Å²) in [5.41, 5.74) is 7.60. The van der Waals surface area contributed by atoms with E-state index in [9.17, 15) is 4.79 Å². The van der Waals surface area contributed by atoms with Gasteiger partial charge in [-0.15, -0.1) is 0 Å². The fourth-order valence-electron chi connectivity index (χ4n) is 4.77. The summed E-state index contributed by atoms with van der Waals surface area (Å²) < 4.78 is 11.8. The van der Waals surface area contributed by atoms with E-state index in [-0.39, 0.29) is 17.5 Å². The van der Waals surface area contributed by atoms with Crippen LogP contribution in [0.1, 0.15) is 94.8 Å². The van der Waals surface area contributed by atoms with Crippen molar-refractivity contribution in [2.45, 2.75) is 89.9 Å². The van der Waals surface area contributed by atoms with E-state index in [2.05, 4.69) is 29.1 Å². The average molecular weight is 490 g/mol. The van der Waals surface area contributed by atoms with Crippen LogP contribution in [0.2, 0.25) is 0 Å². The lowest BCUT2D eigenvalue weighted by Gasteiger charge is -2.36. The molecular weight excluding hydrogens is 454 g/mol. The molecular formula is C28H35N5O3. The van der Waals surface area contributed by atoms with Crippen LogP contribution in [0, 0.1) is 0 Å². The zero-order chi connectivity index (χ0) is 25.9. The second kappa shape index (κ2) is 8.40. The number of carbonyl (C=O) groups is 1. The summed E-state index contributed by atoms with van der Waals surface area (Å²) in [5.74, 6) is 1.43. The van der Waals surface area contributed by atoms with Gasteiger partial charge in [0.2, 0.25) is 5.88 Å². The number of pyridine rings is 3. The molecule has 190 valence electrons. The van der Waals surface area contributed by atoms with E-state index >= 15 is 0 Å². The lowest BCUT2D eigenvalue weighted by atomic mass is 9.84. The van der Waals surface area contributed by atoms with Gasteiger partial charge in [-0.2, -0.15) is 0 Å². The van der Waals surface area contributed by atoms with Gasteiger partial charge in [-0.05, 0) is 76.1 Å². The predicted octanol–water partition coefficient (Wildman–Crippen LogP) is 5.73. The van der Waals surface area contributed by atoms with Gasteiger partial charge >= 0.3 is 5.97 Å². The molecule has 0 bridgehead atoms. The van der Waals surface area contributed by atoms with Gasteiger partial charge in [-0.25, -0.2) is 19.7 Å². The van der Waals surface area contributed by atoms with Gasteiger partial charge in [-0.1, -0.05) is 20.3 Å². The lowest BCUT2D eigenvalue weighted by Crippen LogP contribution is -2.39. The molecule has 2 aliphatic rings. The number of esters is 1. The molecule has 2 atom stereocenters. The Bertz CT molecular complexity index is 1350. The summed E-state index contributed by atoms with van der Waals surface area (Å²) in [6, 6.07) is 5.52. The monoisotopic (exact) mass is 489 g/mol. The number of fused-ring (bicyclic) bond motifs is 2. The fourth-order valence-corrected chi connectivity index (χ4v) is 4.77. The standard InChI is InChI=1S/C28H35N5O3/c1-7-10-28(6,29)20-15-31-24(35-27(5)11-12-27)19-14-30-22(13-18(19)20)32-21-9-8-17-23(33-21)16(2)26(3,4)36-25(17)34/h8-9,13-16H,7,10-12,29H2,1-6H3,(H,30,32,33)/t16-,28-/m1/s1. The van der Waals surface area contributed by atoms with Crippen LogP contribution < -0.4 is 15.8 Å². The van der Waals surface area contributed by atoms with E-state index in [1.165, 1.54) is 0 Å². The van der Waals surface area contributed by atoms with Crippen LogP contribution in [0.4, 0.5) is 11.6 Å². The van der Waals surface area contributed by atoms with Crippen molar-refractivity contribution < 1.29 is 14.3 Å². The van der Waals surface area contributed by atoms with E-state index < -0.39 is 11.1 Å². The van der Waals surface area contributed by atoms with E-state index in [1.54, 1.807) is 18.3 Å². The molecule has 36 heavy (non-hydrogen) atoms. The molecule has 1 fully saturated rings. The molecule has 0 aromatic carbocycles. The quantitative estimate of drug-likeness (QED) is 0.405.